The van der Waals surface area contributed by atoms with Crippen molar-refractivity contribution in [2.45, 2.75) is 6.10 Å². The van der Waals surface area contributed by atoms with Crippen molar-refractivity contribution in [3.63, 3.8) is 0 Å². The van der Waals surface area contributed by atoms with Gasteiger partial charge in [0.15, 0.2) is 5.76 Å². The second-order valence-corrected chi connectivity index (χ2v) is 4.54. The Bertz CT molecular complexity index is 695. The molecule has 1 atom stereocenters. The lowest BCUT2D eigenvalue weighted by Gasteiger charge is -2.12. The monoisotopic (exact) mass is 266 g/mol. The minimum absolute atomic E-state index is 0.171. The lowest BCUT2D eigenvalue weighted by molar-refractivity contribution is 0.0578. The van der Waals surface area contributed by atoms with Crippen molar-refractivity contribution >= 4 is 16.8 Å². The minimum Gasteiger partial charge on any atom is -0.453 e. The number of fused-ring (bicyclic) bond motifs is 1. The van der Waals surface area contributed by atoms with Gasteiger partial charge in [0.2, 0.25) is 5.78 Å². The van der Waals surface area contributed by atoms with Crippen LogP contribution >= 0.6 is 0 Å². The number of Topliss-reactive ketones (excluding diaryl/α,β-unsaturated/α-hetero) is 1. The molecule has 0 N–H and O–H groups in total. The number of benzene rings is 2. The SMILES string of the molecule is COC(C(=O)c1cc2ccccc2o1)c1ccccc1. The molecule has 0 saturated carbocycles. The van der Waals surface area contributed by atoms with Gasteiger partial charge in [0.25, 0.3) is 0 Å². The molecule has 100 valence electrons. The number of carbonyl (C=O) groups excluding carboxylic acids is 1. The van der Waals surface area contributed by atoms with Gasteiger partial charge in [-0.2, -0.15) is 0 Å². The molecule has 1 heterocycles. The second-order valence-electron chi connectivity index (χ2n) is 4.54. The molecule has 1 aromatic heterocycles. The highest BCUT2D eigenvalue weighted by Gasteiger charge is 2.24. The van der Waals surface area contributed by atoms with Crippen molar-refractivity contribution in [3.8, 4) is 0 Å². The zero-order valence-electron chi connectivity index (χ0n) is 11.1. The van der Waals surface area contributed by atoms with Gasteiger partial charge >= 0.3 is 0 Å². The lowest BCUT2D eigenvalue weighted by Crippen LogP contribution is -2.14. The molecule has 0 bridgehead atoms. The Kier molecular flexibility index (Phi) is 3.35. The van der Waals surface area contributed by atoms with Crippen LogP contribution in [0.25, 0.3) is 11.0 Å². The molecule has 0 aliphatic heterocycles. The predicted octanol–water partition coefficient (Wildman–Crippen LogP) is 4.00. The summed E-state index contributed by atoms with van der Waals surface area (Å²) in [4.78, 5) is 12.5. The summed E-state index contributed by atoms with van der Waals surface area (Å²) in [5, 5.41) is 0.916. The Hall–Kier alpha value is -2.39. The van der Waals surface area contributed by atoms with Gasteiger partial charge in [-0.15, -0.1) is 0 Å². The third-order valence-electron chi connectivity index (χ3n) is 3.24. The molecule has 3 nitrogen and oxygen atoms in total. The maximum atomic E-state index is 12.5. The smallest absolute Gasteiger partial charge is 0.231 e. The van der Waals surface area contributed by atoms with E-state index in [4.69, 9.17) is 9.15 Å². The third kappa shape index (κ3) is 2.24. The zero-order valence-corrected chi connectivity index (χ0v) is 11.1. The minimum atomic E-state index is -0.642. The van der Waals surface area contributed by atoms with Gasteiger partial charge < -0.3 is 9.15 Å². The number of rotatable bonds is 4. The first-order valence-corrected chi connectivity index (χ1v) is 6.40. The summed E-state index contributed by atoms with van der Waals surface area (Å²) in [5.41, 5.74) is 1.53. The first-order valence-electron chi connectivity index (χ1n) is 6.40. The Morgan fingerprint density at radius 2 is 1.75 bits per heavy atom. The van der Waals surface area contributed by atoms with Gasteiger partial charge in [0, 0.05) is 12.5 Å². The molecule has 0 spiro atoms. The van der Waals surface area contributed by atoms with E-state index in [9.17, 15) is 4.79 Å². The first kappa shape index (κ1) is 12.6. The van der Waals surface area contributed by atoms with E-state index in [-0.39, 0.29) is 5.78 Å². The maximum Gasteiger partial charge on any atom is 0.231 e. The number of hydrogen-bond acceptors (Lipinski definition) is 3. The predicted molar refractivity (Wildman–Crippen MR) is 76.7 cm³/mol. The van der Waals surface area contributed by atoms with Crippen LogP contribution in [0.2, 0.25) is 0 Å². The molecule has 2 aromatic carbocycles. The number of ketones is 1. The van der Waals surface area contributed by atoms with Gasteiger partial charge in [0.05, 0.1) is 0 Å². The summed E-state index contributed by atoms with van der Waals surface area (Å²) in [6.45, 7) is 0. The van der Waals surface area contributed by atoms with E-state index >= 15 is 0 Å². The lowest BCUT2D eigenvalue weighted by atomic mass is 10.0. The van der Waals surface area contributed by atoms with Crippen molar-refractivity contribution in [3.05, 3.63) is 72.0 Å². The fourth-order valence-electron chi connectivity index (χ4n) is 2.25. The number of methoxy groups -OCH3 is 1. The highest BCUT2D eigenvalue weighted by molar-refractivity contribution is 6.00. The largest absolute Gasteiger partial charge is 0.453 e. The fraction of sp³-hybridized carbons (Fsp3) is 0.118. The van der Waals surface area contributed by atoms with Crippen LogP contribution in [0.1, 0.15) is 22.2 Å². The molecule has 0 aliphatic rings. The average Bonchev–Trinajstić information content (AvgIpc) is 2.93. The molecule has 1 unspecified atom stereocenters. The van der Waals surface area contributed by atoms with Crippen LogP contribution in [0.3, 0.4) is 0 Å². The van der Waals surface area contributed by atoms with Crippen molar-refractivity contribution in [2.75, 3.05) is 7.11 Å². The van der Waals surface area contributed by atoms with E-state index in [1.807, 2.05) is 54.6 Å². The molecule has 0 aliphatic carbocycles. The normalized spacial score (nSPS) is 12.4. The van der Waals surface area contributed by atoms with Gasteiger partial charge in [0.1, 0.15) is 11.7 Å². The van der Waals surface area contributed by atoms with Crippen LogP contribution in [-0.4, -0.2) is 12.9 Å². The summed E-state index contributed by atoms with van der Waals surface area (Å²) in [6.07, 6.45) is -0.642. The molecular formula is C17H14O3. The molecule has 3 heteroatoms. The van der Waals surface area contributed by atoms with Crippen LogP contribution < -0.4 is 0 Å². The number of furan rings is 1. The van der Waals surface area contributed by atoms with Gasteiger partial charge in [-0.05, 0) is 17.7 Å². The van der Waals surface area contributed by atoms with Crippen molar-refractivity contribution in [2.24, 2.45) is 0 Å². The highest BCUT2D eigenvalue weighted by Crippen LogP contribution is 2.26. The summed E-state index contributed by atoms with van der Waals surface area (Å²) in [6, 6.07) is 18.7. The number of ether oxygens (including phenoxy) is 1. The van der Waals surface area contributed by atoms with E-state index < -0.39 is 6.10 Å². The van der Waals surface area contributed by atoms with Crippen LogP contribution in [0, 0.1) is 0 Å². The summed E-state index contributed by atoms with van der Waals surface area (Å²) >= 11 is 0. The second kappa shape index (κ2) is 5.31. The summed E-state index contributed by atoms with van der Waals surface area (Å²) < 4.78 is 10.9. The van der Waals surface area contributed by atoms with Gasteiger partial charge in [-0.1, -0.05) is 48.5 Å². The fourth-order valence-corrected chi connectivity index (χ4v) is 2.25. The standard InChI is InChI=1S/C17H14O3/c1-19-17(12-7-3-2-4-8-12)16(18)15-11-13-9-5-6-10-14(13)20-15/h2-11,17H,1H3. The van der Waals surface area contributed by atoms with E-state index in [0.29, 0.717) is 11.3 Å². The van der Waals surface area contributed by atoms with Crippen LogP contribution in [0.4, 0.5) is 0 Å². The Morgan fingerprint density at radius 3 is 2.45 bits per heavy atom. The van der Waals surface area contributed by atoms with Crippen LogP contribution in [0.5, 0.6) is 0 Å². The van der Waals surface area contributed by atoms with Crippen molar-refractivity contribution < 1.29 is 13.9 Å². The third-order valence-corrected chi connectivity index (χ3v) is 3.24. The molecule has 20 heavy (non-hydrogen) atoms. The van der Waals surface area contributed by atoms with Crippen molar-refractivity contribution in [1.29, 1.82) is 0 Å². The van der Waals surface area contributed by atoms with Gasteiger partial charge in [-0.3, -0.25) is 4.79 Å². The molecule has 0 amide bonds. The molecule has 0 fully saturated rings. The van der Waals surface area contributed by atoms with Gasteiger partial charge in [-0.25, -0.2) is 0 Å². The number of carbonyl (C=O) groups is 1. The molecular weight excluding hydrogens is 252 g/mol. The topological polar surface area (TPSA) is 39.4 Å². The van der Waals surface area contributed by atoms with Crippen molar-refractivity contribution in [1.82, 2.24) is 0 Å². The van der Waals surface area contributed by atoms with E-state index in [1.165, 1.54) is 7.11 Å². The van der Waals surface area contributed by atoms with E-state index in [1.54, 1.807) is 6.07 Å². The quantitative estimate of drug-likeness (QED) is 0.670. The first-order chi connectivity index (χ1) is 9.79. The van der Waals surface area contributed by atoms with Crippen LogP contribution in [-0.2, 0) is 4.74 Å². The summed E-state index contributed by atoms with van der Waals surface area (Å²) in [7, 11) is 1.53. The molecule has 0 radical (unpaired) electrons. The summed E-state index contributed by atoms with van der Waals surface area (Å²) in [5.74, 6) is 0.150. The number of para-hydroxylation sites is 1. The Balaban J connectivity index is 1.98. The van der Waals surface area contributed by atoms with Crippen LogP contribution in [0.15, 0.2) is 65.1 Å². The number of hydrogen-bond donors (Lipinski definition) is 0. The molecule has 3 rings (SSSR count). The van der Waals surface area contributed by atoms with E-state index in [0.717, 1.165) is 10.9 Å². The Morgan fingerprint density at radius 1 is 1.05 bits per heavy atom. The zero-order chi connectivity index (χ0) is 13.9. The average molecular weight is 266 g/mol. The van der Waals surface area contributed by atoms with E-state index in [2.05, 4.69) is 0 Å². The Labute approximate surface area is 116 Å². The maximum absolute atomic E-state index is 12.5. The molecule has 3 aromatic rings. The molecule has 0 saturated heterocycles. The highest BCUT2D eigenvalue weighted by atomic mass is 16.5.